The number of hydrogen-bond donors (Lipinski definition) is 4. The van der Waals surface area contributed by atoms with Gasteiger partial charge in [-0.15, -0.1) is 0 Å². The second kappa shape index (κ2) is 8.64. The van der Waals surface area contributed by atoms with Crippen LogP contribution in [0.2, 0.25) is 10.0 Å². The van der Waals surface area contributed by atoms with Gasteiger partial charge >= 0.3 is 6.09 Å². The molecule has 11 nitrogen and oxygen atoms in total. The van der Waals surface area contributed by atoms with Crippen molar-refractivity contribution < 1.29 is 19.4 Å². The fraction of sp³-hybridized carbons (Fsp3) is 0.0588. The zero-order chi connectivity index (χ0) is 21.8. The maximum absolute atomic E-state index is 11.5. The normalized spacial score (nSPS) is 11.1. The van der Waals surface area contributed by atoms with Crippen molar-refractivity contribution in [1.82, 2.24) is 20.5 Å². The Morgan fingerprint density at radius 2 is 2.00 bits per heavy atom. The van der Waals surface area contributed by atoms with E-state index in [1.807, 2.05) is 6.92 Å². The number of anilines is 1. The second-order valence-corrected chi connectivity index (χ2v) is 6.52. The van der Waals surface area contributed by atoms with Gasteiger partial charge < -0.3 is 9.84 Å². The first-order chi connectivity index (χ1) is 14.3. The molecule has 2 aromatic heterocycles. The van der Waals surface area contributed by atoms with Crippen molar-refractivity contribution in [2.24, 2.45) is 5.10 Å². The topological polar surface area (TPSA) is 165 Å². The van der Waals surface area contributed by atoms with Crippen LogP contribution in [0.1, 0.15) is 5.69 Å². The number of benzene rings is 1. The van der Waals surface area contributed by atoms with E-state index in [4.69, 9.17) is 38.3 Å². The third-order valence-electron chi connectivity index (χ3n) is 3.63. The Hall–Kier alpha value is -3.88. The molecule has 0 radical (unpaired) electrons. The summed E-state index contributed by atoms with van der Waals surface area (Å²) >= 11 is 12.5. The number of halogens is 2. The smallest absolute Gasteiger partial charge is 0.411 e. The second-order valence-electron chi connectivity index (χ2n) is 5.71. The van der Waals surface area contributed by atoms with Crippen LogP contribution >= 0.6 is 23.2 Å². The average Bonchev–Trinajstić information content (AvgIpc) is 3.05. The van der Waals surface area contributed by atoms with E-state index < -0.39 is 17.7 Å². The summed E-state index contributed by atoms with van der Waals surface area (Å²) in [5.41, 5.74) is 3.29. The van der Waals surface area contributed by atoms with Gasteiger partial charge in [-0.25, -0.2) is 9.78 Å². The van der Waals surface area contributed by atoms with Crippen molar-refractivity contribution >= 4 is 57.6 Å². The number of carboxylic acid groups (broad SMARTS) is 1. The lowest BCUT2D eigenvalue weighted by Crippen LogP contribution is -2.34. The first kappa shape index (κ1) is 20.8. The van der Waals surface area contributed by atoms with Crippen molar-refractivity contribution in [3.05, 3.63) is 40.1 Å². The van der Waals surface area contributed by atoms with Crippen molar-refractivity contribution in [2.75, 3.05) is 5.43 Å². The Morgan fingerprint density at radius 3 is 2.63 bits per heavy atom. The Kier molecular flexibility index (Phi) is 6.01. The number of carbonyl (C=O) groups excluding carboxylic acids is 1. The van der Waals surface area contributed by atoms with E-state index in [1.54, 1.807) is 6.07 Å². The molecule has 0 atom stereocenters. The van der Waals surface area contributed by atoms with Gasteiger partial charge in [0.05, 0.1) is 21.9 Å². The quantitative estimate of drug-likeness (QED) is 0.340. The summed E-state index contributed by atoms with van der Waals surface area (Å²) in [5.74, 6) is -0.655. The third kappa shape index (κ3) is 4.57. The molecule has 4 N–H and O–H groups in total. The number of rotatable bonds is 5. The molecule has 0 aliphatic rings. The van der Waals surface area contributed by atoms with E-state index >= 15 is 0 Å². The van der Waals surface area contributed by atoms with Crippen LogP contribution in [-0.2, 0) is 4.79 Å². The Morgan fingerprint density at radius 1 is 1.30 bits per heavy atom. The highest BCUT2D eigenvalue weighted by Gasteiger charge is 2.15. The van der Waals surface area contributed by atoms with Gasteiger partial charge in [0, 0.05) is 11.1 Å². The van der Waals surface area contributed by atoms with Crippen LogP contribution in [0, 0.1) is 18.3 Å². The molecule has 0 fully saturated rings. The molecule has 30 heavy (non-hydrogen) atoms. The maximum atomic E-state index is 11.5. The van der Waals surface area contributed by atoms with Gasteiger partial charge in [-0.05, 0) is 25.1 Å². The minimum Gasteiger partial charge on any atom is -0.465 e. The highest BCUT2D eigenvalue weighted by molar-refractivity contribution is 6.46. The molecule has 0 spiro atoms. The summed E-state index contributed by atoms with van der Waals surface area (Å²) in [5, 5.41) is 30.3. The number of aromatic amines is 1. The van der Waals surface area contributed by atoms with Crippen LogP contribution in [0.5, 0.6) is 11.5 Å². The summed E-state index contributed by atoms with van der Waals surface area (Å²) in [4.78, 5) is 26.2. The van der Waals surface area contributed by atoms with E-state index in [0.717, 1.165) is 11.1 Å². The van der Waals surface area contributed by atoms with Crippen molar-refractivity contribution in [3.8, 4) is 17.6 Å². The molecular formula is C17H11Cl2N7O4. The monoisotopic (exact) mass is 447 g/mol. The number of aromatic nitrogens is 3. The molecule has 152 valence electrons. The van der Waals surface area contributed by atoms with Crippen LogP contribution < -0.4 is 15.5 Å². The van der Waals surface area contributed by atoms with Crippen molar-refractivity contribution in [1.29, 1.82) is 5.26 Å². The lowest BCUT2D eigenvalue weighted by Gasteiger charge is -2.11. The maximum Gasteiger partial charge on any atom is 0.411 e. The minimum atomic E-state index is -1.62. The van der Waals surface area contributed by atoms with Gasteiger partial charge in [0.15, 0.2) is 11.4 Å². The Bertz CT molecular complexity index is 1210. The highest BCUT2D eigenvalue weighted by atomic mass is 35.5. The molecule has 0 aliphatic carbocycles. The van der Waals surface area contributed by atoms with Gasteiger partial charge in [-0.1, -0.05) is 23.2 Å². The number of H-pyrrole nitrogens is 1. The molecule has 13 heteroatoms. The van der Waals surface area contributed by atoms with Crippen LogP contribution in [0.3, 0.4) is 0 Å². The van der Waals surface area contributed by atoms with Gasteiger partial charge in [-0.2, -0.15) is 15.5 Å². The zero-order valence-corrected chi connectivity index (χ0v) is 16.5. The molecule has 0 saturated carbocycles. The Labute approximate surface area is 178 Å². The molecule has 0 aliphatic heterocycles. The largest absolute Gasteiger partial charge is 0.465 e. The average molecular weight is 448 g/mol. The summed E-state index contributed by atoms with van der Waals surface area (Å²) in [7, 11) is 0. The first-order valence-electron chi connectivity index (χ1n) is 8.04. The van der Waals surface area contributed by atoms with Crippen molar-refractivity contribution in [2.45, 2.75) is 6.92 Å². The van der Waals surface area contributed by atoms with Gasteiger partial charge in [0.25, 0.3) is 5.91 Å². The predicted molar refractivity (Wildman–Crippen MR) is 108 cm³/mol. The number of fused-ring (bicyclic) bond motifs is 1. The number of ether oxygens (including phenoxy) is 1. The first-order valence-corrected chi connectivity index (χ1v) is 8.79. The molecule has 2 amide bonds. The predicted octanol–water partition coefficient (Wildman–Crippen LogP) is 3.45. The molecule has 3 rings (SSSR count). The number of hydrazone groups is 1. The molecule has 0 saturated heterocycles. The lowest BCUT2D eigenvalue weighted by molar-refractivity contribution is -0.114. The molecule has 0 unspecified atom stereocenters. The van der Waals surface area contributed by atoms with Gasteiger partial charge in [0.2, 0.25) is 5.71 Å². The summed E-state index contributed by atoms with van der Waals surface area (Å²) in [6, 6.07) is 5.99. The van der Waals surface area contributed by atoms with E-state index in [1.165, 1.54) is 29.7 Å². The Balaban J connectivity index is 1.81. The van der Waals surface area contributed by atoms with E-state index in [9.17, 15) is 9.59 Å². The summed E-state index contributed by atoms with van der Waals surface area (Å²) in [6.07, 6.45) is -0.153. The molecule has 1 aromatic carbocycles. The standard InChI is InChI=1S/C17H11Cl2N7O4/c1-7-10-4-9(6-21-15(10)26-23-7)30-14-11(18)2-8(3-12(14)19)24-25-13(5-20)16(27)22-17(28)29/h2-4,6,24H,1H3,(H,22,27)(H,28,29)(H,21,23,26)/b25-13-. The number of nitrogens with one attached hydrogen (secondary N) is 3. The summed E-state index contributed by atoms with van der Waals surface area (Å²) in [6.45, 7) is 1.84. The van der Waals surface area contributed by atoms with Crippen LogP contribution in [-0.4, -0.2) is 38.0 Å². The van der Waals surface area contributed by atoms with Crippen LogP contribution in [0.4, 0.5) is 10.5 Å². The number of amides is 2. The fourth-order valence-corrected chi connectivity index (χ4v) is 2.86. The number of pyridine rings is 1. The van der Waals surface area contributed by atoms with E-state index in [2.05, 4.69) is 25.7 Å². The molecule has 2 heterocycles. The molecular weight excluding hydrogens is 437 g/mol. The number of imide groups is 1. The van der Waals surface area contributed by atoms with Crippen LogP contribution in [0.25, 0.3) is 11.0 Å². The molecule has 3 aromatic rings. The number of carbonyl (C=O) groups is 2. The van der Waals surface area contributed by atoms with E-state index in [0.29, 0.717) is 11.4 Å². The van der Waals surface area contributed by atoms with E-state index in [-0.39, 0.29) is 21.5 Å². The highest BCUT2D eigenvalue weighted by Crippen LogP contribution is 2.39. The summed E-state index contributed by atoms with van der Waals surface area (Å²) < 4.78 is 5.74. The fourth-order valence-electron chi connectivity index (χ4n) is 2.30. The molecule has 0 bridgehead atoms. The SMILES string of the molecule is Cc1[nH]nc2ncc(Oc3c(Cl)cc(N/N=C(/C#N)C(=O)NC(=O)O)cc3Cl)cc12. The van der Waals surface area contributed by atoms with Crippen molar-refractivity contribution in [3.63, 3.8) is 0 Å². The van der Waals surface area contributed by atoms with Gasteiger partial charge in [0.1, 0.15) is 11.8 Å². The van der Waals surface area contributed by atoms with Gasteiger partial charge in [-0.3, -0.25) is 20.6 Å². The minimum absolute atomic E-state index is 0.109. The lowest BCUT2D eigenvalue weighted by atomic mass is 10.2. The third-order valence-corrected chi connectivity index (χ3v) is 4.19. The number of aryl methyl sites for hydroxylation is 1. The number of hydrogen-bond acceptors (Lipinski definition) is 8. The number of nitrogens with zero attached hydrogens (tertiary/aromatic N) is 4. The van der Waals surface area contributed by atoms with Crippen LogP contribution in [0.15, 0.2) is 29.5 Å². The number of nitriles is 1. The zero-order valence-electron chi connectivity index (χ0n) is 15.0.